The number of nitrogens with zero attached hydrogens (tertiary/aromatic N) is 1. The summed E-state index contributed by atoms with van der Waals surface area (Å²) in [5, 5.41) is 6.14. The molecule has 0 bridgehead atoms. The van der Waals surface area contributed by atoms with E-state index in [4.69, 9.17) is 4.74 Å². The fourth-order valence-electron chi connectivity index (χ4n) is 3.87. The lowest BCUT2D eigenvalue weighted by Gasteiger charge is -2.31. The molecule has 3 rings (SSSR count). The number of carbonyl (C=O) groups excluding carboxylic acids is 1. The number of carbonyl (C=O) groups is 1. The summed E-state index contributed by atoms with van der Waals surface area (Å²) in [7, 11) is 0. The van der Waals surface area contributed by atoms with Crippen molar-refractivity contribution < 1.29 is 9.53 Å². The summed E-state index contributed by atoms with van der Waals surface area (Å²) in [6.07, 6.45) is 5.89. The van der Waals surface area contributed by atoms with Gasteiger partial charge in [0.25, 0.3) is 0 Å². The van der Waals surface area contributed by atoms with Gasteiger partial charge >= 0.3 is 6.03 Å². The van der Waals surface area contributed by atoms with E-state index in [9.17, 15) is 4.79 Å². The molecule has 1 atom stereocenters. The number of benzene rings is 1. The number of ether oxygens (including phenoxy) is 1. The maximum Gasteiger partial charge on any atom is 0.315 e. The van der Waals surface area contributed by atoms with Crippen LogP contribution in [0.2, 0.25) is 0 Å². The van der Waals surface area contributed by atoms with Crippen molar-refractivity contribution in [3.8, 4) is 0 Å². The number of urea groups is 1. The van der Waals surface area contributed by atoms with Gasteiger partial charge in [0, 0.05) is 44.6 Å². The molecule has 2 aliphatic rings. The quantitative estimate of drug-likeness (QED) is 0.861. The van der Waals surface area contributed by atoms with E-state index in [1.54, 1.807) is 0 Å². The Hall–Kier alpha value is -1.75. The average Bonchev–Trinajstić information content (AvgIpc) is 2.68. The van der Waals surface area contributed by atoms with E-state index in [0.717, 1.165) is 39.1 Å². The Balaban J connectivity index is 1.51. The van der Waals surface area contributed by atoms with Gasteiger partial charge in [0.15, 0.2) is 0 Å². The molecule has 2 N–H and O–H groups in total. The summed E-state index contributed by atoms with van der Waals surface area (Å²) >= 11 is 0. The summed E-state index contributed by atoms with van der Waals surface area (Å²) in [6.45, 7) is 6.51. The summed E-state index contributed by atoms with van der Waals surface area (Å²) in [5.41, 5.74) is 2.46. The highest BCUT2D eigenvalue weighted by atomic mass is 16.5. The predicted octanol–water partition coefficient (Wildman–Crippen LogP) is 3.29. The van der Waals surface area contributed by atoms with Gasteiger partial charge < -0.3 is 20.3 Å². The van der Waals surface area contributed by atoms with Crippen LogP contribution in [0.1, 0.15) is 44.6 Å². The Morgan fingerprint density at radius 2 is 1.92 bits per heavy atom. The van der Waals surface area contributed by atoms with Crippen molar-refractivity contribution in [2.24, 2.45) is 5.92 Å². The van der Waals surface area contributed by atoms with Gasteiger partial charge in [-0.3, -0.25) is 0 Å². The fraction of sp³-hybridized carbons (Fsp3) is 0.650. The predicted molar refractivity (Wildman–Crippen MR) is 101 cm³/mol. The molecule has 0 spiro atoms. The van der Waals surface area contributed by atoms with Crippen molar-refractivity contribution in [1.29, 1.82) is 0 Å². The molecule has 0 aromatic heterocycles. The molecule has 5 heteroatoms. The minimum Gasteiger partial charge on any atom is -0.381 e. The normalized spacial score (nSPS) is 20.1. The first-order valence-electron chi connectivity index (χ1n) is 9.69. The molecule has 0 aliphatic carbocycles. The SMILES string of the molecule is C[C@@H](NC(=O)NCc1ccccc1N1CCCCC1)C1CCOCC1. The van der Waals surface area contributed by atoms with E-state index in [1.807, 2.05) is 6.07 Å². The third kappa shape index (κ3) is 5.11. The van der Waals surface area contributed by atoms with E-state index in [1.165, 1.54) is 30.5 Å². The Morgan fingerprint density at radius 3 is 2.68 bits per heavy atom. The number of hydrogen-bond donors (Lipinski definition) is 2. The summed E-state index contributed by atoms with van der Waals surface area (Å²) < 4.78 is 5.40. The fourth-order valence-corrected chi connectivity index (χ4v) is 3.87. The summed E-state index contributed by atoms with van der Waals surface area (Å²) in [6, 6.07) is 8.53. The third-order valence-electron chi connectivity index (χ3n) is 5.46. The first-order chi connectivity index (χ1) is 12.2. The molecule has 138 valence electrons. The number of piperidine rings is 1. The molecule has 0 radical (unpaired) electrons. The van der Waals surface area contributed by atoms with Gasteiger partial charge in [0.2, 0.25) is 0 Å². The highest BCUT2D eigenvalue weighted by Gasteiger charge is 2.22. The zero-order valence-corrected chi connectivity index (χ0v) is 15.3. The van der Waals surface area contributed by atoms with Crippen LogP contribution < -0.4 is 15.5 Å². The molecular formula is C20H31N3O2. The molecule has 1 aromatic rings. The largest absolute Gasteiger partial charge is 0.381 e. The van der Waals surface area contributed by atoms with Crippen LogP contribution in [0.15, 0.2) is 24.3 Å². The Bertz CT molecular complexity index is 552. The second kappa shape index (κ2) is 9.09. The monoisotopic (exact) mass is 345 g/mol. The van der Waals surface area contributed by atoms with Crippen molar-refractivity contribution in [3.63, 3.8) is 0 Å². The molecule has 0 saturated carbocycles. The molecular weight excluding hydrogens is 314 g/mol. The van der Waals surface area contributed by atoms with Gasteiger partial charge in [0.05, 0.1) is 0 Å². The smallest absolute Gasteiger partial charge is 0.315 e. The van der Waals surface area contributed by atoms with Gasteiger partial charge in [-0.15, -0.1) is 0 Å². The third-order valence-corrected chi connectivity index (χ3v) is 5.46. The first kappa shape index (κ1) is 18.1. The highest BCUT2D eigenvalue weighted by molar-refractivity contribution is 5.74. The van der Waals surface area contributed by atoms with Gasteiger partial charge in [-0.1, -0.05) is 18.2 Å². The molecule has 2 saturated heterocycles. The summed E-state index contributed by atoms with van der Waals surface area (Å²) in [4.78, 5) is 14.7. The summed E-state index contributed by atoms with van der Waals surface area (Å²) in [5.74, 6) is 0.514. The molecule has 25 heavy (non-hydrogen) atoms. The number of nitrogens with one attached hydrogen (secondary N) is 2. The van der Waals surface area contributed by atoms with Crippen molar-refractivity contribution in [2.75, 3.05) is 31.2 Å². The Kier molecular flexibility index (Phi) is 6.56. The van der Waals surface area contributed by atoms with E-state index in [-0.39, 0.29) is 12.1 Å². The second-order valence-corrected chi connectivity index (χ2v) is 7.24. The van der Waals surface area contributed by atoms with Crippen molar-refractivity contribution in [1.82, 2.24) is 10.6 Å². The van der Waals surface area contributed by atoms with Crippen LogP contribution in [0.5, 0.6) is 0 Å². The molecule has 2 heterocycles. The lowest BCUT2D eigenvalue weighted by atomic mass is 9.93. The Morgan fingerprint density at radius 1 is 1.20 bits per heavy atom. The molecule has 1 aromatic carbocycles. The van der Waals surface area contributed by atoms with Crippen LogP contribution in [0.25, 0.3) is 0 Å². The van der Waals surface area contributed by atoms with E-state index < -0.39 is 0 Å². The number of amides is 2. The maximum atomic E-state index is 12.3. The molecule has 0 unspecified atom stereocenters. The van der Waals surface area contributed by atoms with Crippen LogP contribution in [0, 0.1) is 5.92 Å². The van der Waals surface area contributed by atoms with Crippen molar-refractivity contribution in [2.45, 2.75) is 51.6 Å². The maximum absolute atomic E-state index is 12.3. The second-order valence-electron chi connectivity index (χ2n) is 7.24. The average molecular weight is 345 g/mol. The lowest BCUT2D eigenvalue weighted by molar-refractivity contribution is 0.0571. The van der Waals surface area contributed by atoms with Crippen molar-refractivity contribution >= 4 is 11.7 Å². The molecule has 2 aliphatic heterocycles. The van der Waals surface area contributed by atoms with Gasteiger partial charge in [0.1, 0.15) is 0 Å². The number of hydrogen-bond acceptors (Lipinski definition) is 3. The first-order valence-corrected chi connectivity index (χ1v) is 9.69. The molecule has 2 fully saturated rings. The number of rotatable bonds is 5. The van der Waals surface area contributed by atoms with Gasteiger partial charge in [-0.05, 0) is 56.6 Å². The van der Waals surface area contributed by atoms with Crippen LogP contribution in [0.3, 0.4) is 0 Å². The number of para-hydroxylation sites is 1. The lowest BCUT2D eigenvalue weighted by Crippen LogP contribution is -2.45. The molecule has 2 amide bonds. The van der Waals surface area contributed by atoms with Crippen LogP contribution >= 0.6 is 0 Å². The van der Waals surface area contributed by atoms with E-state index >= 15 is 0 Å². The zero-order chi connectivity index (χ0) is 17.5. The standard InChI is InChI=1S/C20H31N3O2/c1-16(17-9-13-25-14-10-17)22-20(24)21-15-18-7-3-4-8-19(18)23-11-5-2-6-12-23/h3-4,7-8,16-17H,2,5-6,9-15H2,1H3,(H2,21,22,24)/t16-/m1/s1. The number of anilines is 1. The highest BCUT2D eigenvalue weighted by Crippen LogP contribution is 2.24. The van der Waals surface area contributed by atoms with E-state index in [2.05, 4.69) is 40.7 Å². The van der Waals surface area contributed by atoms with E-state index in [0.29, 0.717) is 12.5 Å². The minimum absolute atomic E-state index is 0.0764. The Labute approximate surface area is 151 Å². The van der Waals surface area contributed by atoms with Crippen LogP contribution in [-0.2, 0) is 11.3 Å². The topological polar surface area (TPSA) is 53.6 Å². The van der Waals surface area contributed by atoms with Crippen LogP contribution in [-0.4, -0.2) is 38.4 Å². The van der Waals surface area contributed by atoms with Crippen molar-refractivity contribution in [3.05, 3.63) is 29.8 Å². The zero-order valence-electron chi connectivity index (χ0n) is 15.3. The van der Waals surface area contributed by atoms with Crippen LogP contribution in [0.4, 0.5) is 10.5 Å². The minimum atomic E-state index is -0.0764. The molecule has 5 nitrogen and oxygen atoms in total. The van der Waals surface area contributed by atoms with Gasteiger partial charge in [-0.2, -0.15) is 0 Å². The van der Waals surface area contributed by atoms with Gasteiger partial charge in [-0.25, -0.2) is 4.79 Å².